The van der Waals surface area contributed by atoms with Crippen LogP contribution in [0.25, 0.3) is 98.5 Å². The van der Waals surface area contributed by atoms with Crippen LogP contribution in [-0.4, -0.2) is 15.0 Å². The summed E-state index contributed by atoms with van der Waals surface area (Å²) in [5.41, 5.74) is 9.85. The molecule has 0 aliphatic carbocycles. The van der Waals surface area contributed by atoms with Crippen molar-refractivity contribution in [1.29, 1.82) is 0 Å². The van der Waals surface area contributed by atoms with Gasteiger partial charge in [0.15, 0.2) is 17.5 Å². The Labute approximate surface area is 311 Å². The first-order chi connectivity index (χ1) is 26.3. The molecule has 0 saturated carbocycles. The second-order valence-corrected chi connectivity index (χ2v) is 14.3. The van der Waals surface area contributed by atoms with Crippen LogP contribution < -0.4 is 0 Å². The molecule has 248 valence electrons. The van der Waals surface area contributed by atoms with Gasteiger partial charge in [-0.25, -0.2) is 15.0 Å². The first-order valence-electron chi connectivity index (χ1n) is 17.8. The van der Waals surface area contributed by atoms with Crippen molar-refractivity contribution in [2.45, 2.75) is 0 Å². The highest BCUT2D eigenvalue weighted by Crippen LogP contribution is 2.40. The number of fused-ring (bicyclic) bond motifs is 4. The Hall–Kier alpha value is -6.75. The number of hydrogen-bond acceptors (Lipinski definition) is 4. The van der Waals surface area contributed by atoms with Gasteiger partial charge in [0.1, 0.15) is 0 Å². The van der Waals surface area contributed by atoms with Crippen LogP contribution in [0.5, 0.6) is 0 Å². The van der Waals surface area contributed by atoms with Crippen LogP contribution in [0.15, 0.2) is 188 Å². The zero-order valence-corrected chi connectivity index (χ0v) is 29.5. The van der Waals surface area contributed by atoms with Crippen molar-refractivity contribution in [3.63, 3.8) is 0 Å². The Bertz CT molecular complexity index is 2930. The van der Waals surface area contributed by atoms with Gasteiger partial charge in [-0.15, -0.1) is 11.3 Å². The van der Waals surface area contributed by atoms with E-state index < -0.39 is 0 Å². The molecular formula is C49H31N3S. The molecule has 10 rings (SSSR count). The number of thiophene rings is 1. The van der Waals surface area contributed by atoms with E-state index in [1.807, 2.05) is 53.8 Å². The second kappa shape index (κ2) is 13.1. The highest BCUT2D eigenvalue weighted by Gasteiger charge is 2.17. The van der Waals surface area contributed by atoms with Gasteiger partial charge in [0, 0.05) is 36.9 Å². The van der Waals surface area contributed by atoms with Gasteiger partial charge >= 0.3 is 0 Å². The Morgan fingerprint density at radius 3 is 1.42 bits per heavy atom. The van der Waals surface area contributed by atoms with E-state index in [9.17, 15) is 0 Å². The average Bonchev–Trinajstić information content (AvgIpc) is 3.62. The minimum atomic E-state index is 0.639. The molecular weight excluding hydrogens is 663 g/mol. The van der Waals surface area contributed by atoms with E-state index >= 15 is 0 Å². The predicted octanol–water partition coefficient (Wildman–Crippen LogP) is 13.4. The Balaban J connectivity index is 1.06. The molecule has 0 N–H and O–H groups in total. The van der Waals surface area contributed by atoms with Crippen molar-refractivity contribution in [2.24, 2.45) is 0 Å². The summed E-state index contributed by atoms with van der Waals surface area (Å²) in [7, 11) is 0. The van der Waals surface area contributed by atoms with Crippen molar-refractivity contribution in [3.8, 4) is 67.5 Å². The van der Waals surface area contributed by atoms with E-state index in [4.69, 9.17) is 15.0 Å². The molecule has 3 nitrogen and oxygen atoms in total. The summed E-state index contributed by atoms with van der Waals surface area (Å²) in [6, 6.07) is 66.3. The van der Waals surface area contributed by atoms with Gasteiger partial charge in [-0.1, -0.05) is 170 Å². The average molecular weight is 694 g/mol. The number of aromatic nitrogens is 3. The van der Waals surface area contributed by atoms with Crippen LogP contribution in [0.3, 0.4) is 0 Å². The zero-order valence-electron chi connectivity index (χ0n) is 28.6. The van der Waals surface area contributed by atoms with Gasteiger partial charge in [-0.2, -0.15) is 0 Å². The normalized spacial score (nSPS) is 11.4. The molecule has 53 heavy (non-hydrogen) atoms. The zero-order chi connectivity index (χ0) is 35.1. The fourth-order valence-electron chi connectivity index (χ4n) is 7.38. The molecule has 2 aromatic heterocycles. The maximum absolute atomic E-state index is 5.10. The molecule has 8 aromatic carbocycles. The van der Waals surface area contributed by atoms with Crippen LogP contribution in [0, 0.1) is 0 Å². The highest BCUT2D eigenvalue weighted by molar-refractivity contribution is 7.25. The van der Waals surface area contributed by atoms with Gasteiger partial charge in [-0.05, 0) is 62.4 Å². The Kier molecular flexibility index (Phi) is 7.67. The van der Waals surface area contributed by atoms with E-state index in [0.29, 0.717) is 17.5 Å². The smallest absolute Gasteiger partial charge is 0.164 e. The summed E-state index contributed by atoms with van der Waals surface area (Å²) in [5.74, 6) is 1.93. The van der Waals surface area contributed by atoms with Crippen LogP contribution in [0.1, 0.15) is 0 Å². The molecule has 2 heterocycles. The number of hydrogen-bond donors (Lipinski definition) is 0. The summed E-state index contributed by atoms with van der Waals surface area (Å²) in [5, 5.41) is 5.09. The molecule has 0 saturated heterocycles. The van der Waals surface area contributed by atoms with Gasteiger partial charge in [-0.3, -0.25) is 0 Å². The third kappa shape index (κ3) is 5.66. The summed E-state index contributed by atoms with van der Waals surface area (Å²) in [6.45, 7) is 0. The molecule has 0 fully saturated rings. The lowest BCUT2D eigenvalue weighted by atomic mass is 9.91. The molecule has 10 aromatic rings. The van der Waals surface area contributed by atoms with Crippen LogP contribution in [0.2, 0.25) is 0 Å². The molecule has 0 aliphatic heterocycles. The van der Waals surface area contributed by atoms with Crippen molar-refractivity contribution in [1.82, 2.24) is 15.0 Å². The lowest BCUT2D eigenvalue weighted by Gasteiger charge is -2.14. The van der Waals surface area contributed by atoms with E-state index in [0.717, 1.165) is 33.4 Å². The maximum atomic E-state index is 5.10. The predicted molar refractivity (Wildman–Crippen MR) is 223 cm³/mol. The largest absolute Gasteiger partial charge is 0.208 e. The fourth-order valence-corrected chi connectivity index (χ4v) is 8.47. The molecule has 0 aliphatic rings. The third-order valence-corrected chi connectivity index (χ3v) is 11.1. The monoisotopic (exact) mass is 693 g/mol. The molecule has 0 bridgehead atoms. The fraction of sp³-hybridized carbons (Fsp3) is 0. The van der Waals surface area contributed by atoms with Crippen molar-refractivity contribution in [3.05, 3.63) is 188 Å². The first-order valence-corrected chi connectivity index (χ1v) is 18.6. The van der Waals surface area contributed by atoms with Gasteiger partial charge in [0.05, 0.1) is 0 Å². The Morgan fingerprint density at radius 2 is 0.717 bits per heavy atom. The van der Waals surface area contributed by atoms with Crippen molar-refractivity contribution < 1.29 is 0 Å². The SMILES string of the molecule is c1ccc(-c2nc(-c3ccc(-c4ccc(-c5ccc6sc7ccccc7c6c5)c5ccccc45)cc3)nc(-c3ccccc3-c3ccccc3)n2)cc1. The topological polar surface area (TPSA) is 38.7 Å². The van der Waals surface area contributed by atoms with Gasteiger partial charge < -0.3 is 0 Å². The van der Waals surface area contributed by atoms with Gasteiger partial charge in [0.25, 0.3) is 0 Å². The molecule has 0 atom stereocenters. The Morgan fingerprint density at radius 1 is 0.264 bits per heavy atom. The first kappa shape index (κ1) is 31.0. The number of rotatable bonds is 6. The summed E-state index contributed by atoms with van der Waals surface area (Å²) in [4.78, 5) is 15.1. The maximum Gasteiger partial charge on any atom is 0.164 e. The second-order valence-electron chi connectivity index (χ2n) is 13.2. The summed E-state index contributed by atoms with van der Waals surface area (Å²) in [6.07, 6.45) is 0. The van der Waals surface area contributed by atoms with Gasteiger partial charge in [0.2, 0.25) is 0 Å². The van der Waals surface area contributed by atoms with E-state index in [2.05, 4.69) is 146 Å². The minimum absolute atomic E-state index is 0.639. The van der Waals surface area contributed by atoms with E-state index in [1.54, 1.807) is 0 Å². The molecule has 0 amide bonds. The minimum Gasteiger partial charge on any atom is -0.208 e. The summed E-state index contributed by atoms with van der Waals surface area (Å²) >= 11 is 1.85. The third-order valence-electron chi connectivity index (χ3n) is 9.99. The summed E-state index contributed by atoms with van der Waals surface area (Å²) < 4.78 is 2.64. The lowest BCUT2D eigenvalue weighted by Crippen LogP contribution is -2.01. The van der Waals surface area contributed by atoms with E-state index in [-0.39, 0.29) is 0 Å². The van der Waals surface area contributed by atoms with Crippen LogP contribution in [-0.2, 0) is 0 Å². The molecule has 0 unspecified atom stereocenters. The van der Waals surface area contributed by atoms with Crippen LogP contribution >= 0.6 is 11.3 Å². The molecule has 4 heteroatoms. The molecule has 0 spiro atoms. The van der Waals surface area contributed by atoms with E-state index in [1.165, 1.54) is 47.6 Å². The quantitative estimate of drug-likeness (QED) is 0.174. The molecule has 0 radical (unpaired) electrons. The highest BCUT2D eigenvalue weighted by atomic mass is 32.1. The lowest BCUT2D eigenvalue weighted by molar-refractivity contribution is 1.07. The van der Waals surface area contributed by atoms with Crippen LogP contribution in [0.4, 0.5) is 0 Å². The number of benzene rings is 8. The van der Waals surface area contributed by atoms with Crippen molar-refractivity contribution in [2.75, 3.05) is 0 Å². The number of nitrogens with zero attached hydrogens (tertiary/aromatic N) is 3. The van der Waals surface area contributed by atoms with Crippen molar-refractivity contribution >= 4 is 42.3 Å². The standard InChI is InChI=1S/C49H31N3S/c1-3-13-32(14-4-1)37-17-7-10-21-43(37)49-51-47(34-15-5-2-6-16-34)50-48(52-49)35-25-23-33(24-26-35)38-28-29-39(41-19-9-8-18-40(38)41)36-27-30-46-44(31-36)42-20-11-12-22-45(42)53-46/h1-31H.